The molecule has 1 heterocycles. The van der Waals surface area contributed by atoms with E-state index in [4.69, 9.17) is 5.11 Å². The SMILES string of the molecule is CCS(=O)CCNc1nc(C(F)(F)F)ccc1C(=O)O. The van der Waals surface area contributed by atoms with Crippen LogP contribution in [0.4, 0.5) is 19.0 Å². The number of hydrogen-bond donors (Lipinski definition) is 2. The Labute approximate surface area is 115 Å². The van der Waals surface area contributed by atoms with Crippen LogP contribution in [0.15, 0.2) is 12.1 Å². The third-order valence-corrected chi connectivity index (χ3v) is 3.66. The van der Waals surface area contributed by atoms with Gasteiger partial charge in [-0.1, -0.05) is 6.92 Å². The number of alkyl halides is 3. The molecule has 2 N–H and O–H groups in total. The summed E-state index contributed by atoms with van der Waals surface area (Å²) in [5, 5.41) is 11.4. The predicted molar refractivity (Wildman–Crippen MR) is 68.2 cm³/mol. The molecular weight excluding hydrogens is 297 g/mol. The number of carboxylic acids is 1. The Morgan fingerprint density at radius 2 is 2.10 bits per heavy atom. The topological polar surface area (TPSA) is 79.3 Å². The summed E-state index contributed by atoms with van der Waals surface area (Å²) in [5.74, 6) is -1.14. The third-order valence-electron chi connectivity index (χ3n) is 2.36. The highest BCUT2D eigenvalue weighted by Crippen LogP contribution is 2.29. The van der Waals surface area contributed by atoms with Gasteiger partial charge in [-0.15, -0.1) is 0 Å². The first-order valence-electron chi connectivity index (χ1n) is 5.66. The maximum atomic E-state index is 12.5. The van der Waals surface area contributed by atoms with Gasteiger partial charge in [-0.3, -0.25) is 4.21 Å². The number of aromatic nitrogens is 1. The lowest BCUT2D eigenvalue weighted by Crippen LogP contribution is -2.17. The second-order valence-corrected chi connectivity index (χ2v) is 5.62. The second-order valence-electron chi connectivity index (χ2n) is 3.75. The van der Waals surface area contributed by atoms with Crippen LogP contribution in [0.5, 0.6) is 0 Å². The Kier molecular flexibility index (Phi) is 5.49. The summed E-state index contributed by atoms with van der Waals surface area (Å²) in [6, 6.07) is 1.45. The van der Waals surface area contributed by atoms with E-state index in [1.54, 1.807) is 6.92 Å². The molecule has 1 aromatic rings. The zero-order valence-corrected chi connectivity index (χ0v) is 11.3. The summed E-state index contributed by atoms with van der Waals surface area (Å²) in [7, 11) is -1.10. The second kappa shape index (κ2) is 6.69. The van der Waals surface area contributed by atoms with Gasteiger partial charge in [0.25, 0.3) is 0 Å². The number of halogens is 3. The molecule has 1 unspecified atom stereocenters. The molecule has 0 aliphatic rings. The molecule has 0 saturated carbocycles. The molecule has 0 aliphatic heterocycles. The maximum absolute atomic E-state index is 12.5. The number of pyridine rings is 1. The Balaban J connectivity index is 2.95. The zero-order chi connectivity index (χ0) is 15.3. The Morgan fingerprint density at radius 1 is 1.45 bits per heavy atom. The lowest BCUT2D eigenvalue weighted by molar-refractivity contribution is -0.141. The summed E-state index contributed by atoms with van der Waals surface area (Å²) >= 11 is 0. The Hall–Kier alpha value is -1.64. The number of nitrogens with zero attached hydrogens (tertiary/aromatic N) is 1. The van der Waals surface area contributed by atoms with Crippen molar-refractivity contribution in [1.82, 2.24) is 4.98 Å². The van der Waals surface area contributed by atoms with E-state index in [1.165, 1.54) is 0 Å². The Morgan fingerprint density at radius 3 is 2.60 bits per heavy atom. The summed E-state index contributed by atoms with van der Waals surface area (Å²) < 4.78 is 48.8. The van der Waals surface area contributed by atoms with E-state index >= 15 is 0 Å². The molecule has 0 spiro atoms. The molecule has 0 fully saturated rings. The van der Waals surface area contributed by atoms with Gasteiger partial charge in [0.1, 0.15) is 17.1 Å². The van der Waals surface area contributed by atoms with Crippen LogP contribution in [0.1, 0.15) is 23.0 Å². The van der Waals surface area contributed by atoms with Gasteiger partial charge in [0, 0.05) is 28.9 Å². The predicted octanol–water partition coefficient (Wildman–Crippen LogP) is 1.98. The largest absolute Gasteiger partial charge is 0.478 e. The van der Waals surface area contributed by atoms with Crippen molar-refractivity contribution in [3.63, 3.8) is 0 Å². The van der Waals surface area contributed by atoms with Crippen LogP contribution in [0.2, 0.25) is 0 Å². The van der Waals surface area contributed by atoms with Crippen molar-refractivity contribution < 1.29 is 27.3 Å². The number of aromatic carboxylic acids is 1. The van der Waals surface area contributed by atoms with Crippen molar-refractivity contribution in [3.8, 4) is 0 Å². The number of rotatable bonds is 6. The molecule has 0 bridgehead atoms. The molecule has 0 aromatic carbocycles. The molecule has 0 aliphatic carbocycles. The van der Waals surface area contributed by atoms with Gasteiger partial charge in [-0.25, -0.2) is 9.78 Å². The van der Waals surface area contributed by atoms with Gasteiger partial charge in [0.2, 0.25) is 0 Å². The van der Waals surface area contributed by atoms with Gasteiger partial charge in [-0.2, -0.15) is 13.2 Å². The molecule has 0 amide bonds. The number of nitrogens with one attached hydrogen (secondary N) is 1. The maximum Gasteiger partial charge on any atom is 0.433 e. The highest BCUT2D eigenvalue weighted by atomic mass is 32.2. The van der Waals surface area contributed by atoms with Crippen molar-refractivity contribution in [3.05, 3.63) is 23.4 Å². The monoisotopic (exact) mass is 310 g/mol. The number of hydrogen-bond acceptors (Lipinski definition) is 4. The van der Waals surface area contributed by atoms with Gasteiger partial charge >= 0.3 is 12.1 Å². The van der Waals surface area contributed by atoms with Crippen molar-refractivity contribution in [2.24, 2.45) is 0 Å². The molecular formula is C11H13F3N2O3S. The van der Waals surface area contributed by atoms with Crippen LogP contribution in [0.25, 0.3) is 0 Å². The van der Waals surface area contributed by atoms with E-state index in [-0.39, 0.29) is 23.7 Å². The molecule has 9 heteroatoms. The zero-order valence-electron chi connectivity index (χ0n) is 10.5. The summed E-state index contributed by atoms with van der Waals surface area (Å²) in [4.78, 5) is 14.2. The van der Waals surface area contributed by atoms with E-state index in [0.717, 1.165) is 6.07 Å². The van der Waals surface area contributed by atoms with E-state index in [2.05, 4.69) is 10.3 Å². The van der Waals surface area contributed by atoms with Crippen molar-refractivity contribution in [2.75, 3.05) is 23.4 Å². The highest BCUT2D eigenvalue weighted by Gasteiger charge is 2.33. The van der Waals surface area contributed by atoms with Crippen LogP contribution >= 0.6 is 0 Å². The van der Waals surface area contributed by atoms with Crippen LogP contribution in [-0.2, 0) is 17.0 Å². The smallest absolute Gasteiger partial charge is 0.433 e. The molecule has 20 heavy (non-hydrogen) atoms. The normalized spacial score (nSPS) is 13.0. The first kappa shape index (κ1) is 16.4. The van der Waals surface area contributed by atoms with Gasteiger partial charge < -0.3 is 10.4 Å². The molecule has 112 valence electrons. The van der Waals surface area contributed by atoms with Gasteiger partial charge in [0.15, 0.2) is 0 Å². The first-order chi connectivity index (χ1) is 9.25. The number of carboxylic acid groups (broad SMARTS) is 1. The molecule has 1 aromatic heterocycles. The highest BCUT2D eigenvalue weighted by molar-refractivity contribution is 7.84. The summed E-state index contributed by atoms with van der Waals surface area (Å²) in [6.45, 7) is 1.79. The first-order valence-corrected chi connectivity index (χ1v) is 7.15. The minimum Gasteiger partial charge on any atom is -0.478 e. The van der Waals surface area contributed by atoms with Crippen LogP contribution in [0.3, 0.4) is 0 Å². The van der Waals surface area contributed by atoms with Gasteiger partial charge in [0.05, 0.1) is 0 Å². The molecule has 1 atom stereocenters. The molecule has 0 saturated heterocycles. The van der Waals surface area contributed by atoms with E-state index in [0.29, 0.717) is 11.8 Å². The van der Waals surface area contributed by atoms with Crippen LogP contribution < -0.4 is 5.32 Å². The molecule has 5 nitrogen and oxygen atoms in total. The standard InChI is InChI=1S/C11H13F3N2O3S/c1-2-20(19)6-5-15-9-7(10(17)18)3-4-8(16-9)11(12,13)14/h3-4H,2,5-6H2,1H3,(H,15,16)(H,17,18). The lowest BCUT2D eigenvalue weighted by atomic mass is 10.2. The van der Waals surface area contributed by atoms with Gasteiger partial charge in [-0.05, 0) is 12.1 Å². The van der Waals surface area contributed by atoms with Crippen molar-refractivity contribution in [2.45, 2.75) is 13.1 Å². The van der Waals surface area contributed by atoms with Crippen molar-refractivity contribution >= 4 is 22.6 Å². The van der Waals surface area contributed by atoms with Crippen LogP contribution in [0, 0.1) is 0 Å². The number of carbonyl (C=O) groups is 1. The minimum absolute atomic E-state index is 0.0784. The molecule has 0 radical (unpaired) electrons. The minimum atomic E-state index is -4.65. The third kappa shape index (κ3) is 4.48. The van der Waals surface area contributed by atoms with E-state index < -0.39 is 28.6 Å². The summed E-state index contributed by atoms with van der Waals surface area (Å²) in [6.07, 6.45) is -4.65. The fraction of sp³-hybridized carbons (Fsp3) is 0.455. The average molecular weight is 310 g/mol. The van der Waals surface area contributed by atoms with E-state index in [9.17, 15) is 22.2 Å². The Bertz CT molecular complexity index is 520. The average Bonchev–Trinajstić information content (AvgIpc) is 2.37. The fourth-order valence-corrected chi connectivity index (χ4v) is 1.97. The van der Waals surface area contributed by atoms with Crippen LogP contribution in [-0.4, -0.2) is 38.3 Å². The summed E-state index contributed by atoms with van der Waals surface area (Å²) in [5.41, 5.74) is -1.54. The molecule has 1 rings (SSSR count). The number of anilines is 1. The van der Waals surface area contributed by atoms with E-state index in [1.807, 2.05) is 0 Å². The fourth-order valence-electron chi connectivity index (χ4n) is 1.35. The quantitative estimate of drug-likeness (QED) is 0.840. The van der Waals surface area contributed by atoms with Crippen molar-refractivity contribution in [1.29, 1.82) is 0 Å². The lowest BCUT2D eigenvalue weighted by Gasteiger charge is -2.12.